The maximum atomic E-state index is 13.1. The van der Waals surface area contributed by atoms with Gasteiger partial charge in [0.2, 0.25) is 0 Å². The first-order chi connectivity index (χ1) is 14.0. The summed E-state index contributed by atoms with van der Waals surface area (Å²) in [5.74, 6) is 1.18. The van der Waals surface area contributed by atoms with Gasteiger partial charge >= 0.3 is 0 Å². The van der Waals surface area contributed by atoms with Crippen molar-refractivity contribution < 1.29 is 14.1 Å². The number of likely N-dealkylation sites (tertiary alicyclic amines) is 1. The van der Waals surface area contributed by atoms with E-state index in [0.29, 0.717) is 45.2 Å². The van der Waals surface area contributed by atoms with E-state index in [-0.39, 0.29) is 11.9 Å². The lowest BCUT2D eigenvalue weighted by molar-refractivity contribution is 0.0728. The average Bonchev–Trinajstić information content (AvgIpc) is 3.38. The molecular formula is C21H19Cl2N3O3. The van der Waals surface area contributed by atoms with E-state index in [0.717, 1.165) is 18.4 Å². The molecule has 1 aliphatic heterocycles. The molecule has 2 heterocycles. The molecule has 1 amide bonds. The fourth-order valence-electron chi connectivity index (χ4n) is 3.59. The monoisotopic (exact) mass is 431 g/mol. The molecule has 0 unspecified atom stereocenters. The van der Waals surface area contributed by atoms with E-state index in [4.69, 9.17) is 32.5 Å². The number of hydrogen-bond donors (Lipinski definition) is 0. The Balaban J connectivity index is 1.63. The molecule has 1 aliphatic rings. The smallest absolute Gasteiger partial charge is 0.261 e. The molecule has 0 saturated carbocycles. The molecule has 0 aliphatic carbocycles. The molecule has 4 rings (SSSR count). The van der Waals surface area contributed by atoms with Crippen molar-refractivity contribution in [2.75, 3.05) is 13.7 Å². The number of ether oxygens (including phenoxy) is 1. The highest BCUT2D eigenvalue weighted by Gasteiger charge is 2.34. The number of benzene rings is 2. The van der Waals surface area contributed by atoms with E-state index in [2.05, 4.69) is 10.1 Å². The van der Waals surface area contributed by atoms with Gasteiger partial charge in [-0.05, 0) is 55.7 Å². The van der Waals surface area contributed by atoms with Crippen LogP contribution in [0.15, 0.2) is 40.9 Å². The Labute approximate surface area is 178 Å². The van der Waals surface area contributed by atoms with Gasteiger partial charge in [0.15, 0.2) is 5.82 Å². The summed E-state index contributed by atoms with van der Waals surface area (Å²) >= 11 is 12.3. The summed E-state index contributed by atoms with van der Waals surface area (Å²) in [6.07, 6.45) is 1.64. The van der Waals surface area contributed by atoms with E-state index in [9.17, 15) is 4.79 Å². The Morgan fingerprint density at radius 1 is 1.24 bits per heavy atom. The first-order valence-electron chi connectivity index (χ1n) is 9.23. The van der Waals surface area contributed by atoms with E-state index in [1.807, 2.05) is 6.92 Å². The van der Waals surface area contributed by atoms with Gasteiger partial charge in [-0.1, -0.05) is 34.4 Å². The highest BCUT2D eigenvalue weighted by molar-refractivity contribution is 6.32. The number of aromatic nitrogens is 2. The summed E-state index contributed by atoms with van der Waals surface area (Å²) in [5.41, 5.74) is 2.07. The summed E-state index contributed by atoms with van der Waals surface area (Å²) < 4.78 is 10.8. The number of halogens is 2. The number of carbonyl (C=O) groups is 1. The van der Waals surface area contributed by atoms with Crippen molar-refractivity contribution in [3.63, 3.8) is 0 Å². The zero-order chi connectivity index (χ0) is 20.5. The zero-order valence-electron chi connectivity index (χ0n) is 16.0. The number of rotatable bonds is 4. The van der Waals surface area contributed by atoms with Crippen LogP contribution in [-0.2, 0) is 0 Å². The molecule has 0 spiro atoms. The molecule has 0 bridgehead atoms. The Kier molecular flexibility index (Phi) is 5.48. The summed E-state index contributed by atoms with van der Waals surface area (Å²) in [6, 6.07) is 10.4. The van der Waals surface area contributed by atoms with Crippen LogP contribution in [0.4, 0.5) is 0 Å². The van der Waals surface area contributed by atoms with E-state index >= 15 is 0 Å². The zero-order valence-corrected chi connectivity index (χ0v) is 17.5. The Hall–Kier alpha value is -2.57. The van der Waals surface area contributed by atoms with Crippen molar-refractivity contribution >= 4 is 29.1 Å². The third kappa shape index (κ3) is 3.70. The fourth-order valence-corrected chi connectivity index (χ4v) is 3.96. The van der Waals surface area contributed by atoms with Gasteiger partial charge in [-0.3, -0.25) is 4.79 Å². The minimum Gasteiger partial charge on any atom is -0.494 e. The van der Waals surface area contributed by atoms with Gasteiger partial charge in [0.05, 0.1) is 23.7 Å². The third-order valence-electron chi connectivity index (χ3n) is 5.06. The normalized spacial score (nSPS) is 16.3. The van der Waals surface area contributed by atoms with Crippen LogP contribution < -0.4 is 4.74 Å². The topological polar surface area (TPSA) is 68.5 Å². The molecule has 0 N–H and O–H groups in total. The fraction of sp³-hybridized carbons (Fsp3) is 0.286. The lowest BCUT2D eigenvalue weighted by Crippen LogP contribution is -2.31. The van der Waals surface area contributed by atoms with Gasteiger partial charge in [0.1, 0.15) is 5.75 Å². The molecule has 29 heavy (non-hydrogen) atoms. The van der Waals surface area contributed by atoms with E-state index in [1.54, 1.807) is 41.3 Å². The molecule has 150 valence electrons. The van der Waals surface area contributed by atoms with Gasteiger partial charge in [-0.15, -0.1) is 0 Å². The first-order valence-corrected chi connectivity index (χ1v) is 9.98. The molecule has 6 nitrogen and oxygen atoms in total. The van der Waals surface area contributed by atoms with Crippen molar-refractivity contribution in [3.05, 3.63) is 63.4 Å². The molecule has 1 fully saturated rings. The summed E-state index contributed by atoms with van der Waals surface area (Å²) in [7, 11) is 1.54. The van der Waals surface area contributed by atoms with Gasteiger partial charge in [0, 0.05) is 17.1 Å². The first kappa shape index (κ1) is 19.7. The summed E-state index contributed by atoms with van der Waals surface area (Å²) in [5, 5.41) is 5.23. The number of para-hydroxylation sites is 1. The predicted octanol–water partition coefficient (Wildman–Crippen LogP) is 5.34. The molecule has 1 aromatic heterocycles. The Morgan fingerprint density at radius 2 is 2.07 bits per heavy atom. The minimum absolute atomic E-state index is 0.0704. The lowest BCUT2D eigenvalue weighted by atomic mass is 10.1. The van der Waals surface area contributed by atoms with Crippen LogP contribution in [0.25, 0.3) is 11.5 Å². The predicted molar refractivity (Wildman–Crippen MR) is 110 cm³/mol. The standard InChI is InChI=1S/C21H19Cl2N3O3/c1-12-11-13(8-9-15(12)22)21(27)26-10-4-7-17(26)19-24-20(29-25-19)14-5-3-6-16(23)18(14)28-2/h3,5-6,8-9,11,17H,4,7,10H2,1-2H3/t17-/m0/s1. The van der Waals surface area contributed by atoms with Gasteiger partial charge in [0.25, 0.3) is 11.8 Å². The molecule has 2 aromatic carbocycles. The van der Waals surface area contributed by atoms with Crippen LogP contribution in [0.3, 0.4) is 0 Å². The van der Waals surface area contributed by atoms with E-state index < -0.39 is 0 Å². The van der Waals surface area contributed by atoms with Crippen LogP contribution in [0.2, 0.25) is 10.0 Å². The van der Waals surface area contributed by atoms with Crippen molar-refractivity contribution in [3.8, 4) is 17.2 Å². The second-order valence-corrected chi connectivity index (χ2v) is 7.71. The van der Waals surface area contributed by atoms with Gasteiger partial charge < -0.3 is 14.2 Å². The SMILES string of the molecule is COc1c(Cl)cccc1-c1nc([C@@H]2CCCN2C(=O)c2ccc(Cl)c(C)c2)no1. The second-order valence-electron chi connectivity index (χ2n) is 6.90. The molecule has 1 atom stereocenters. The van der Waals surface area contributed by atoms with Crippen molar-refractivity contribution in [2.45, 2.75) is 25.8 Å². The number of methoxy groups -OCH3 is 1. The number of carbonyl (C=O) groups excluding carboxylic acids is 1. The summed E-state index contributed by atoms with van der Waals surface area (Å²) in [4.78, 5) is 19.4. The largest absolute Gasteiger partial charge is 0.494 e. The van der Waals surface area contributed by atoms with Gasteiger partial charge in [-0.2, -0.15) is 4.98 Å². The molecule has 3 aromatic rings. The molecular weight excluding hydrogens is 413 g/mol. The minimum atomic E-state index is -0.249. The molecule has 1 saturated heterocycles. The number of hydrogen-bond acceptors (Lipinski definition) is 5. The van der Waals surface area contributed by atoms with Crippen LogP contribution >= 0.6 is 23.2 Å². The Bertz CT molecular complexity index is 1070. The van der Waals surface area contributed by atoms with Crippen LogP contribution in [0, 0.1) is 6.92 Å². The number of nitrogens with zero attached hydrogens (tertiary/aromatic N) is 3. The number of aryl methyl sites for hydroxylation is 1. The second kappa shape index (κ2) is 8.05. The van der Waals surface area contributed by atoms with Crippen molar-refractivity contribution in [1.29, 1.82) is 0 Å². The number of amides is 1. The highest BCUT2D eigenvalue weighted by Crippen LogP contribution is 2.37. The third-order valence-corrected chi connectivity index (χ3v) is 5.78. The van der Waals surface area contributed by atoms with Crippen LogP contribution in [0.1, 0.15) is 40.6 Å². The summed E-state index contributed by atoms with van der Waals surface area (Å²) in [6.45, 7) is 2.51. The van der Waals surface area contributed by atoms with Gasteiger partial charge in [-0.25, -0.2) is 0 Å². The van der Waals surface area contributed by atoms with Crippen LogP contribution in [0.5, 0.6) is 5.75 Å². The average molecular weight is 432 g/mol. The van der Waals surface area contributed by atoms with Crippen LogP contribution in [-0.4, -0.2) is 34.6 Å². The quantitative estimate of drug-likeness (QED) is 0.557. The Morgan fingerprint density at radius 3 is 2.83 bits per heavy atom. The molecule has 8 heteroatoms. The molecule has 0 radical (unpaired) electrons. The lowest BCUT2D eigenvalue weighted by Gasteiger charge is -2.22. The van der Waals surface area contributed by atoms with Crippen molar-refractivity contribution in [1.82, 2.24) is 15.0 Å². The maximum absolute atomic E-state index is 13.1. The maximum Gasteiger partial charge on any atom is 0.261 e. The van der Waals surface area contributed by atoms with E-state index in [1.165, 1.54) is 7.11 Å². The highest BCUT2D eigenvalue weighted by atomic mass is 35.5. The van der Waals surface area contributed by atoms with Crippen molar-refractivity contribution in [2.24, 2.45) is 0 Å².